The summed E-state index contributed by atoms with van der Waals surface area (Å²) in [4.78, 5) is 31.9. The molecule has 1 fully saturated rings. The summed E-state index contributed by atoms with van der Waals surface area (Å²) in [7, 11) is 1.93. The van der Waals surface area contributed by atoms with Crippen molar-refractivity contribution < 1.29 is 14.7 Å². The first kappa shape index (κ1) is 21.6. The van der Waals surface area contributed by atoms with Gasteiger partial charge in [-0.15, -0.1) is 11.3 Å². The molecule has 1 aliphatic rings. The van der Waals surface area contributed by atoms with Crippen LogP contribution in [0.15, 0.2) is 30.6 Å². The van der Waals surface area contributed by atoms with Crippen LogP contribution in [0.3, 0.4) is 0 Å². The summed E-state index contributed by atoms with van der Waals surface area (Å²) in [5.74, 6) is -0.908. The van der Waals surface area contributed by atoms with Crippen LogP contribution in [0.2, 0.25) is 5.02 Å². The molecular weight excluding hydrogens is 410 g/mol. The van der Waals surface area contributed by atoms with E-state index < -0.39 is 12.0 Å². The van der Waals surface area contributed by atoms with Gasteiger partial charge in [0.1, 0.15) is 6.04 Å². The lowest BCUT2D eigenvalue weighted by Gasteiger charge is -2.24. The first-order valence-corrected chi connectivity index (χ1v) is 11.1. The summed E-state index contributed by atoms with van der Waals surface area (Å²) < 4.78 is 0. The van der Waals surface area contributed by atoms with E-state index in [9.17, 15) is 14.7 Å². The van der Waals surface area contributed by atoms with E-state index in [1.807, 2.05) is 24.1 Å². The summed E-state index contributed by atoms with van der Waals surface area (Å²) in [6, 6.07) is 4.64. The first-order chi connectivity index (χ1) is 13.9. The molecule has 0 spiro atoms. The zero-order valence-electron chi connectivity index (χ0n) is 16.4. The lowest BCUT2D eigenvalue weighted by Crippen LogP contribution is -2.42. The van der Waals surface area contributed by atoms with Crippen LogP contribution in [0.1, 0.15) is 53.1 Å². The van der Waals surface area contributed by atoms with Gasteiger partial charge >= 0.3 is 5.97 Å². The van der Waals surface area contributed by atoms with Crippen LogP contribution < -0.4 is 10.2 Å². The first-order valence-electron chi connectivity index (χ1n) is 9.86. The number of rotatable bonds is 8. The normalized spacial score (nSPS) is 15.7. The van der Waals surface area contributed by atoms with Crippen LogP contribution in [-0.2, 0) is 11.3 Å². The van der Waals surface area contributed by atoms with Crippen molar-refractivity contribution in [3.05, 3.63) is 45.4 Å². The Morgan fingerprint density at radius 2 is 2.07 bits per heavy atom. The molecule has 0 aliphatic heterocycles. The molecule has 29 heavy (non-hydrogen) atoms. The molecule has 8 heteroatoms. The lowest BCUT2D eigenvalue weighted by atomic mass is 9.85. The number of halogens is 1. The number of amides is 1. The van der Waals surface area contributed by atoms with Crippen molar-refractivity contribution >= 4 is 40.5 Å². The number of carboxylic acids is 1. The van der Waals surface area contributed by atoms with E-state index >= 15 is 0 Å². The van der Waals surface area contributed by atoms with E-state index in [1.54, 1.807) is 18.5 Å². The Morgan fingerprint density at radius 1 is 1.31 bits per heavy atom. The maximum Gasteiger partial charge on any atom is 0.326 e. The Bertz CT molecular complexity index is 851. The van der Waals surface area contributed by atoms with E-state index in [2.05, 4.69) is 10.3 Å². The topological polar surface area (TPSA) is 82.5 Å². The molecule has 1 atom stereocenters. The fourth-order valence-corrected chi connectivity index (χ4v) is 4.86. The Morgan fingerprint density at radius 3 is 2.76 bits per heavy atom. The molecule has 2 N–H and O–H groups in total. The standard InChI is InChI=1S/C21H26ClN3O3S/c1-25(16-10-15(22)11-23-12-16)13-17-7-8-19(29-17)20(26)24-18(21(27)28)9-14-5-3-2-4-6-14/h7-8,10-12,14,18H,2-6,9,13H2,1H3,(H,24,26)(H,27,28). The maximum absolute atomic E-state index is 12.6. The van der Waals surface area contributed by atoms with Crippen molar-refractivity contribution in [1.29, 1.82) is 0 Å². The molecular formula is C21H26ClN3O3S. The second-order valence-corrected chi connectivity index (χ2v) is 9.19. The zero-order chi connectivity index (χ0) is 20.8. The van der Waals surface area contributed by atoms with Crippen LogP contribution in [0.5, 0.6) is 0 Å². The quantitative estimate of drug-likeness (QED) is 0.633. The molecule has 1 aliphatic carbocycles. The Kier molecular flexibility index (Phi) is 7.50. The molecule has 2 aromatic heterocycles. The number of carbonyl (C=O) groups excluding carboxylic acids is 1. The van der Waals surface area contributed by atoms with Crippen LogP contribution in [-0.4, -0.2) is 35.1 Å². The highest BCUT2D eigenvalue weighted by atomic mass is 35.5. The van der Waals surface area contributed by atoms with E-state index in [-0.39, 0.29) is 5.91 Å². The summed E-state index contributed by atoms with van der Waals surface area (Å²) in [5.41, 5.74) is 0.885. The minimum absolute atomic E-state index is 0.323. The van der Waals surface area contributed by atoms with Gasteiger partial charge in [-0.25, -0.2) is 4.79 Å². The fourth-order valence-electron chi connectivity index (χ4n) is 3.73. The van der Waals surface area contributed by atoms with Gasteiger partial charge in [0, 0.05) is 18.1 Å². The monoisotopic (exact) mass is 435 g/mol. The molecule has 2 heterocycles. The van der Waals surface area contributed by atoms with E-state index in [0.717, 1.165) is 36.2 Å². The van der Waals surface area contributed by atoms with Crippen LogP contribution in [0.4, 0.5) is 5.69 Å². The van der Waals surface area contributed by atoms with Gasteiger partial charge in [-0.2, -0.15) is 0 Å². The number of hydrogen-bond donors (Lipinski definition) is 2. The van der Waals surface area contributed by atoms with Crippen molar-refractivity contribution in [2.24, 2.45) is 5.92 Å². The number of hydrogen-bond acceptors (Lipinski definition) is 5. The van der Waals surface area contributed by atoms with Crippen molar-refractivity contribution in [1.82, 2.24) is 10.3 Å². The number of aliphatic carboxylic acids is 1. The van der Waals surface area contributed by atoms with Gasteiger partial charge in [0.05, 0.1) is 28.3 Å². The summed E-state index contributed by atoms with van der Waals surface area (Å²) in [6.45, 7) is 0.602. The number of nitrogens with one attached hydrogen (secondary N) is 1. The number of thiophene rings is 1. The summed E-state index contributed by atoms with van der Waals surface area (Å²) in [5, 5.41) is 12.8. The average Bonchev–Trinajstić information content (AvgIpc) is 3.16. The molecule has 1 unspecified atom stereocenters. The summed E-state index contributed by atoms with van der Waals surface area (Å²) >= 11 is 7.36. The van der Waals surface area contributed by atoms with Gasteiger partial charge in [0.25, 0.3) is 5.91 Å². The second-order valence-electron chi connectivity index (χ2n) is 7.59. The van der Waals surface area contributed by atoms with Crippen molar-refractivity contribution in [2.75, 3.05) is 11.9 Å². The third-order valence-electron chi connectivity index (χ3n) is 5.31. The predicted octanol–water partition coefficient (Wildman–Crippen LogP) is 4.59. The second kappa shape index (κ2) is 10.1. The minimum atomic E-state index is -0.964. The SMILES string of the molecule is CN(Cc1ccc(C(=O)NC(CC2CCCCC2)C(=O)O)s1)c1cncc(Cl)c1. The predicted molar refractivity (Wildman–Crippen MR) is 116 cm³/mol. The fraction of sp³-hybridized carbons (Fsp3) is 0.476. The molecule has 2 aromatic rings. The summed E-state index contributed by atoms with van der Waals surface area (Å²) in [6.07, 6.45) is 9.43. The van der Waals surface area contributed by atoms with Crippen LogP contribution in [0, 0.1) is 5.92 Å². The molecule has 0 radical (unpaired) electrons. The number of aromatic nitrogens is 1. The minimum Gasteiger partial charge on any atom is -0.480 e. The molecule has 3 rings (SSSR count). The number of carboxylic acid groups (broad SMARTS) is 1. The van der Waals surface area contributed by atoms with Crippen molar-refractivity contribution in [3.63, 3.8) is 0 Å². The van der Waals surface area contributed by atoms with Crippen LogP contribution >= 0.6 is 22.9 Å². The van der Waals surface area contributed by atoms with Crippen LogP contribution in [0.25, 0.3) is 0 Å². The van der Waals surface area contributed by atoms with E-state index in [1.165, 1.54) is 17.8 Å². The van der Waals surface area contributed by atoms with Gasteiger partial charge in [-0.3, -0.25) is 9.78 Å². The largest absolute Gasteiger partial charge is 0.480 e. The van der Waals surface area contributed by atoms with Crippen molar-refractivity contribution in [3.8, 4) is 0 Å². The maximum atomic E-state index is 12.6. The molecule has 6 nitrogen and oxygen atoms in total. The third kappa shape index (κ3) is 6.18. The molecule has 0 bridgehead atoms. The lowest BCUT2D eigenvalue weighted by molar-refractivity contribution is -0.139. The smallest absolute Gasteiger partial charge is 0.326 e. The van der Waals surface area contributed by atoms with Gasteiger partial charge in [-0.1, -0.05) is 43.7 Å². The molecule has 0 saturated heterocycles. The number of pyridine rings is 1. The number of carbonyl (C=O) groups is 2. The zero-order valence-corrected chi connectivity index (χ0v) is 18.0. The van der Waals surface area contributed by atoms with Gasteiger partial charge in [-0.05, 0) is 30.5 Å². The average molecular weight is 436 g/mol. The Labute approximate surface area is 179 Å². The highest BCUT2D eigenvalue weighted by Crippen LogP contribution is 2.28. The Balaban J connectivity index is 1.59. The van der Waals surface area contributed by atoms with E-state index in [4.69, 9.17) is 11.6 Å². The van der Waals surface area contributed by atoms with Crippen molar-refractivity contribution in [2.45, 2.75) is 51.1 Å². The van der Waals surface area contributed by atoms with E-state index in [0.29, 0.717) is 28.8 Å². The highest BCUT2D eigenvalue weighted by Gasteiger charge is 2.26. The molecule has 1 amide bonds. The Hall–Kier alpha value is -2.12. The highest BCUT2D eigenvalue weighted by molar-refractivity contribution is 7.14. The number of anilines is 1. The van der Waals surface area contributed by atoms with Gasteiger partial charge < -0.3 is 15.3 Å². The molecule has 0 aromatic carbocycles. The number of nitrogens with zero attached hydrogens (tertiary/aromatic N) is 2. The van der Waals surface area contributed by atoms with Gasteiger partial charge in [0.2, 0.25) is 0 Å². The third-order valence-corrected chi connectivity index (χ3v) is 6.58. The molecule has 156 valence electrons. The van der Waals surface area contributed by atoms with Gasteiger partial charge in [0.15, 0.2) is 0 Å². The molecule has 1 saturated carbocycles.